The molecule has 0 amide bonds. The lowest BCUT2D eigenvalue weighted by atomic mass is 10.2. The Hall–Kier alpha value is -0.580. The molecule has 0 spiro atoms. The van der Waals surface area contributed by atoms with Gasteiger partial charge in [-0.05, 0) is 6.42 Å². The molecule has 0 unspecified atom stereocenters. The minimum atomic E-state index is -3.62. The minimum Gasteiger partial charge on any atom is -0.346 e. The van der Waals surface area contributed by atoms with Crippen LogP contribution in [-0.4, -0.2) is 20.1 Å². The second-order valence-electron chi connectivity index (χ2n) is 3.25. The number of carbonyl (C=O) groups is 1. The minimum absolute atomic E-state index is 0.0592. The Morgan fingerprint density at radius 3 is 2.21 bits per heavy atom. The van der Waals surface area contributed by atoms with Crippen LogP contribution in [0, 0.1) is 0 Å². The summed E-state index contributed by atoms with van der Waals surface area (Å²) >= 11 is 0. The van der Waals surface area contributed by atoms with Gasteiger partial charge >= 0.3 is 16.1 Å². The number of carbonyl (C=O) groups excluding carboxylic acids is 1. The van der Waals surface area contributed by atoms with Crippen molar-refractivity contribution in [1.82, 2.24) is 0 Å². The van der Waals surface area contributed by atoms with Crippen molar-refractivity contribution in [2.45, 2.75) is 46.0 Å². The highest BCUT2D eigenvalue weighted by molar-refractivity contribution is 7.87. The van der Waals surface area contributed by atoms with Gasteiger partial charge in [-0.3, -0.25) is 4.79 Å². The molecule has 0 saturated carbocycles. The van der Waals surface area contributed by atoms with Crippen LogP contribution in [0.4, 0.5) is 0 Å². The van der Waals surface area contributed by atoms with E-state index in [1.807, 2.05) is 0 Å². The predicted molar refractivity (Wildman–Crippen MR) is 54.3 cm³/mol. The fourth-order valence-electron chi connectivity index (χ4n) is 1.10. The van der Waals surface area contributed by atoms with Gasteiger partial charge in [-0.2, -0.15) is 8.42 Å². The van der Waals surface area contributed by atoms with Gasteiger partial charge in [0, 0.05) is 6.92 Å². The predicted octanol–water partition coefficient (Wildman–Crippen LogP) is 1.85. The lowest BCUT2D eigenvalue weighted by Crippen LogP contribution is -2.13. The van der Waals surface area contributed by atoms with Gasteiger partial charge in [0.05, 0.1) is 5.75 Å². The molecule has 5 heteroatoms. The van der Waals surface area contributed by atoms with Crippen molar-refractivity contribution < 1.29 is 17.4 Å². The fourth-order valence-corrected chi connectivity index (χ4v) is 2.10. The SMILES string of the molecule is CCCCCCCS(=O)(=O)OC(C)=O. The normalized spacial score (nSPS) is 11.3. The molecule has 0 fully saturated rings. The van der Waals surface area contributed by atoms with Gasteiger partial charge in [0.1, 0.15) is 0 Å². The molecule has 14 heavy (non-hydrogen) atoms. The standard InChI is InChI=1S/C9H18O4S/c1-3-4-5-6-7-8-14(11,12)13-9(2)10/h3-8H2,1-2H3. The Bertz CT molecular complexity index is 256. The van der Waals surface area contributed by atoms with Gasteiger partial charge in [0.2, 0.25) is 0 Å². The molecule has 0 aromatic rings. The molecule has 0 rings (SSSR count). The van der Waals surface area contributed by atoms with Gasteiger partial charge in [-0.1, -0.05) is 32.6 Å². The lowest BCUT2D eigenvalue weighted by Gasteiger charge is -2.02. The summed E-state index contributed by atoms with van der Waals surface area (Å²) in [6, 6.07) is 0. The smallest absolute Gasteiger partial charge is 0.319 e. The third-order valence-electron chi connectivity index (χ3n) is 1.74. The van der Waals surface area contributed by atoms with Crippen LogP contribution in [-0.2, 0) is 19.1 Å². The Balaban J connectivity index is 3.61. The molecule has 0 N–H and O–H groups in total. The molecule has 0 aromatic carbocycles. The average molecular weight is 222 g/mol. The summed E-state index contributed by atoms with van der Waals surface area (Å²) in [4.78, 5) is 10.4. The third-order valence-corrected chi connectivity index (χ3v) is 3.02. The highest BCUT2D eigenvalue weighted by atomic mass is 32.2. The number of rotatable bonds is 7. The molecule has 0 heterocycles. The largest absolute Gasteiger partial charge is 0.346 e. The van der Waals surface area contributed by atoms with Crippen LogP contribution in [0.15, 0.2) is 0 Å². The number of hydrogen-bond acceptors (Lipinski definition) is 4. The molecular weight excluding hydrogens is 204 g/mol. The van der Waals surface area contributed by atoms with E-state index in [9.17, 15) is 13.2 Å². The zero-order valence-corrected chi connectivity index (χ0v) is 9.60. The van der Waals surface area contributed by atoms with Crippen molar-refractivity contribution in [3.05, 3.63) is 0 Å². The number of unbranched alkanes of at least 4 members (excludes halogenated alkanes) is 4. The van der Waals surface area contributed by atoms with Gasteiger partial charge < -0.3 is 4.18 Å². The molecule has 0 atom stereocenters. The second-order valence-corrected chi connectivity index (χ2v) is 4.94. The Labute approximate surface area is 85.8 Å². The molecule has 0 aromatic heterocycles. The van der Waals surface area contributed by atoms with E-state index >= 15 is 0 Å². The van der Waals surface area contributed by atoms with Crippen molar-refractivity contribution >= 4 is 16.1 Å². The van der Waals surface area contributed by atoms with Crippen molar-refractivity contribution in [2.75, 3.05) is 5.75 Å². The first kappa shape index (κ1) is 13.4. The van der Waals surface area contributed by atoms with E-state index in [0.717, 1.165) is 32.6 Å². The summed E-state index contributed by atoms with van der Waals surface area (Å²) in [5.74, 6) is -0.824. The first-order chi connectivity index (χ1) is 6.48. The molecule has 0 aliphatic heterocycles. The molecule has 0 saturated heterocycles. The fraction of sp³-hybridized carbons (Fsp3) is 0.889. The maximum Gasteiger partial charge on any atom is 0.319 e. The first-order valence-electron chi connectivity index (χ1n) is 4.90. The van der Waals surface area contributed by atoms with Crippen molar-refractivity contribution in [3.63, 3.8) is 0 Å². The van der Waals surface area contributed by atoms with E-state index in [-0.39, 0.29) is 5.75 Å². The first-order valence-corrected chi connectivity index (χ1v) is 6.48. The summed E-state index contributed by atoms with van der Waals surface area (Å²) < 4.78 is 26.2. The topological polar surface area (TPSA) is 60.4 Å². The van der Waals surface area contributed by atoms with E-state index in [1.165, 1.54) is 0 Å². The summed E-state index contributed by atoms with van der Waals surface area (Å²) in [7, 11) is -3.62. The summed E-state index contributed by atoms with van der Waals surface area (Å²) in [6.45, 7) is 3.18. The van der Waals surface area contributed by atoms with E-state index < -0.39 is 16.1 Å². The van der Waals surface area contributed by atoms with E-state index in [4.69, 9.17) is 0 Å². The molecule has 0 radical (unpaired) electrons. The molecular formula is C9H18O4S. The van der Waals surface area contributed by atoms with Crippen LogP contribution < -0.4 is 0 Å². The quantitative estimate of drug-likeness (QED) is 0.487. The van der Waals surface area contributed by atoms with Crippen molar-refractivity contribution in [3.8, 4) is 0 Å². The van der Waals surface area contributed by atoms with Gasteiger partial charge in [-0.25, -0.2) is 0 Å². The van der Waals surface area contributed by atoms with E-state index in [1.54, 1.807) is 0 Å². The van der Waals surface area contributed by atoms with Crippen LogP contribution in [0.3, 0.4) is 0 Å². The van der Waals surface area contributed by atoms with Gasteiger partial charge in [0.25, 0.3) is 0 Å². The van der Waals surface area contributed by atoms with Crippen molar-refractivity contribution in [1.29, 1.82) is 0 Å². The maximum atomic E-state index is 11.0. The summed E-state index contributed by atoms with van der Waals surface area (Å²) in [5, 5.41) is 0. The van der Waals surface area contributed by atoms with Crippen LogP contribution in [0.5, 0.6) is 0 Å². The Morgan fingerprint density at radius 2 is 1.71 bits per heavy atom. The molecule has 0 aliphatic rings. The zero-order valence-electron chi connectivity index (χ0n) is 8.78. The van der Waals surface area contributed by atoms with Crippen molar-refractivity contribution in [2.24, 2.45) is 0 Å². The highest BCUT2D eigenvalue weighted by Gasteiger charge is 2.12. The molecule has 84 valence electrons. The number of hydrogen-bond donors (Lipinski definition) is 0. The zero-order chi connectivity index (χ0) is 11.0. The van der Waals surface area contributed by atoms with E-state index in [0.29, 0.717) is 6.42 Å². The lowest BCUT2D eigenvalue weighted by molar-refractivity contribution is -0.131. The molecule has 0 bridgehead atoms. The second kappa shape index (κ2) is 6.81. The van der Waals surface area contributed by atoms with E-state index in [2.05, 4.69) is 11.1 Å². The average Bonchev–Trinajstić information content (AvgIpc) is 2.01. The van der Waals surface area contributed by atoms with Gasteiger partial charge in [-0.15, -0.1) is 0 Å². The van der Waals surface area contributed by atoms with Gasteiger partial charge in [0.15, 0.2) is 0 Å². The van der Waals surface area contributed by atoms with Crippen LogP contribution in [0.2, 0.25) is 0 Å². The monoisotopic (exact) mass is 222 g/mol. The third kappa shape index (κ3) is 8.04. The maximum absolute atomic E-state index is 11.0. The molecule has 0 aliphatic carbocycles. The Kier molecular flexibility index (Phi) is 6.53. The summed E-state index contributed by atoms with van der Waals surface area (Å²) in [5.41, 5.74) is 0. The highest BCUT2D eigenvalue weighted by Crippen LogP contribution is 2.05. The molecule has 4 nitrogen and oxygen atoms in total. The van der Waals surface area contributed by atoms with Crippen LogP contribution >= 0.6 is 0 Å². The summed E-state index contributed by atoms with van der Waals surface area (Å²) in [6.07, 6.45) is 4.71. The van der Waals surface area contributed by atoms with Crippen LogP contribution in [0.1, 0.15) is 46.0 Å². The Morgan fingerprint density at radius 1 is 1.14 bits per heavy atom. The van der Waals surface area contributed by atoms with Crippen LogP contribution in [0.25, 0.3) is 0 Å².